The van der Waals surface area contributed by atoms with Crippen LogP contribution < -0.4 is 10.1 Å². The first-order chi connectivity index (χ1) is 12.3. The fourth-order valence-electron chi connectivity index (χ4n) is 2.13. The van der Waals surface area contributed by atoms with E-state index in [0.29, 0.717) is 5.56 Å². The van der Waals surface area contributed by atoms with E-state index in [1.165, 1.54) is 24.3 Å². The number of phenols is 1. The van der Waals surface area contributed by atoms with Crippen LogP contribution in [-0.2, 0) is 0 Å². The minimum Gasteiger partial charge on any atom is -0.507 e. The third-order valence-corrected chi connectivity index (χ3v) is 3.26. The maximum Gasteiger partial charge on any atom is 0.573 e. The van der Waals surface area contributed by atoms with Crippen molar-refractivity contribution in [3.63, 3.8) is 0 Å². The molecule has 26 heavy (non-hydrogen) atoms. The van der Waals surface area contributed by atoms with E-state index in [0.717, 1.165) is 12.1 Å². The number of hydrogen-bond acceptors (Lipinski definition) is 5. The zero-order chi connectivity index (χ0) is 18.7. The monoisotopic (exact) mass is 364 g/mol. The van der Waals surface area contributed by atoms with Crippen molar-refractivity contribution >= 4 is 11.6 Å². The summed E-state index contributed by atoms with van der Waals surface area (Å²) in [5.74, 6) is -1.20. The Morgan fingerprint density at radius 3 is 2.46 bits per heavy atom. The number of carbonyl (C=O) groups is 1. The highest BCUT2D eigenvalue weighted by Crippen LogP contribution is 2.28. The maximum absolute atomic E-state index is 12.1. The Morgan fingerprint density at radius 1 is 1.12 bits per heavy atom. The number of benzene rings is 2. The Morgan fingerprint density at radius 2 is 1.81 bits per heavy atom. The summed E-state index contributed by atoms with van der Waals surface area (Å²) < 4.78 is 45.0. The topological polar surface area (TPSA) is 84.6 Å². The number of nitrogens with one attached hydrogen (secondary N) is 1. The number of aromatic nitrogens is 1. The van der Waals surface area contributed by atoms with E-state index < -0.39 is 18.0 Å². The molecule has 0 saturated heterocycles. The van der Waals surface area contributed by atoms with Gasteiger partial charge in [0.25, 0.3) is 5.91 Å². The van der Waals surface area contributed by atoms with Gasteiger partial charge < -0.3 is 19.7 Å². The van der Waals surface area contributed by atoms with Crippen LogP contribution in [0.15, 0.2) is 59.1 Å². The molecule has 134 valence electrons. The fraction of sp³-hybridized carbons (Fsp3) is 0.0588. The number of para-hydroxylation sites is 1. The molecule has 0 atom stereocenters. The van der Waals surface area contributed by atoms with Gasteiger partial charge in [-0.1, -0.05) is 17.3 Å². The molecular formula is C17H11F3N2O4. The highest BCUT2D eigenvalue weighted by atomic mass is 19.4. The molecule has 1 heterocycles. The molecule has 0 aliphatic carbocycles. The van der Waals surface area contributed by atoms with Crippen LogP contribution in [0.2, 0.25) is 0 Å². The summed E-state index contributed by atoms with van der Waals surface area (Å²) in [5, 5.41) is 16.0. The Bertz CT molecular complexity index is 920. The Hall–Kier alpha value is -3.49. The number of phenolic OH excluding ortho intramolecular Hbond substituents is 1. The third-order valence-electron chi connectivity index (χ3n) is 3.26. The van der Waals surface area contributed by atoms with Gasteiger partial charge in [0, 0.05) is 17.3 Å². The molecule has 0 aliphatic heterocycles. The van der Waals surface area contributed by atoms with Gasteiger partial charge in [0.05, 0.1) is 0 Å². The van der Waals surface area contributed by atoms with E-state index >= 15 is 0 Å². The molecule has 0 bridgehead atoms. The molecule has 0 aliphatic rings. The first-order valence-corrected chi connectivity index (χ1v) is 7.24. The van der Waals surface area contributed by atoms with Gasteiger partial charge in [-0.2, -0.15) is 0 Å². The number of alkyl halides is 3. The van der Waals surface area contributed by atoms with Crippen LogP contribution in [0.4, 0.5) is 18.9 Å². The summed E-state index contributed by atoms with van der Waals surface area (Å²) in [7, 11) is 0. The lowest BCUT2D eigenvalue weighted by Crippen LogP contribution is -2.17. The number of ether oxygens (including phenoxy) is 1. The summed E-state index contributed by atoms with van der Waals surface area (Å²) in [5.41, 5.74) is 0.899. The zero-order valence-corrected chi connectivity index (χ0v) is 12.9. The molecule has 2 aromatic carbocycles. The first-order valence-electron chi connectivity index (χ1n) is 7.24. The first kappa shape index (κ1) is 17.3. The van der Waals surface area contributed by atoms with Crippen LogP contribution >= 0.6 is 0 Å². The molecule has 1 amide bonds. The number of anilines is 1. The average Bonchev–Trinajstić information content (AvgIpc) is 3.06. The van der Waals surface area contributed by atoms with Crippen molar-refractivity contribution in [3.8, 4) is 22.8 Å². The van der Waals surface area contributed by atoms with Crippen LogP contribution in [0.1, 0.15) is 10.6 Å². The molecular weight excluding hydrogens is 353 g/mol. The highest BCUT2D eigenvalue weighted by molar-refractivity contribution is 6.02. The molecule has 0 radical (unpaired) electrons. The number of aromatic hydroxyl groups is 1. The smallest absolute Gasteiger partial charge is 0.507 e. The number of rotatable bonds is 4. The second-order valence-corrected chi connectivity index (χ2v) is 5.12. The molecule has 0 unspecified atom stereocenters. The molecule has 2 N–H and O–H groups in total. The van der Waals surface area contributed by atoms with Crippen LogP contribution in [0, 0.1) is 0 Å². The van der Waals surface area contributed by atoms with Crippen LogP contribution in [-0.4, -0.2) is 22.5 Å². The van der Waals surface area contributed by atoms with Crippen molar-refractivity contribution < 1.29 is 32.3 Å². The minimum atomic E-state index is -4.79. The lowest BCUT2D eigenvalue weighted by molar-refractivity contribution is -0.274. The van der Waals surface area contributed by atoms with Crippen molar-refractivity contribution in [2.75, 3.05) is 5.32 Å². The summed E-state index contributed by atoms with van der Waals surface area (Å²) in [6, 6.07) is 12.4. The summed E-state index contributed by atoms with van der Waals surface area (Å²) in [6.45, 7) is 0. The van der Waals surface area contributed by atoms with Crippen molar-refractivity contribution in [1.82, 2.24) is 5.16 Å². The van der Waals surface area contributed by atoms with Gasteiger partial charge in [0.15, 0.2) is 0 Å². The second kappa shape index (κ2) is 6.79. The molecule has 3 aromatic rings. The summed E-state index contributed by atoms with van der Waals surface area (Å²) >= 11 is 0. The van der Waals surface area contributed by atoms with Crippen LogP contribution in [0.3, 0.4) is 0 Å². The quantitative estimate of drug-likeness (QED) is 0.725. The SMILES string of the molecule is O=C(Nc1ccc(OC(F)(F)F)cc1)c1cc(-c2ccccc2O)no1. The zero-order valence-electron chi connectivity index (χ0n) is 12.9. The van der Waals surface area contributed by atoms with Crippen LogP contribution in [0.5, 0.6) is 11.5 Å². The standard InChI is InChI=1S/C17H11F3N2O4/c18-17(19,20)25-11-7-5-10(6-8-11)21-16(24)15-9-13(22-26-15)12-3-1-2-4-14(12)23/h1-9,23H,(H,21,24). The lowest BCUT2D eigenvalue weighted by Gasteiger charge is -2.09. The second-order valence-electron chi connectivity index (χ2n) is 5.12. The van der Waals surface area contributed by atoms with E-state index in [9.17, 15) is 23.1 Å². The predicted octanol–water partition coefficient (Wildman–Crippen LogP) is 4.20. The van der Waals surface area contributed by atoms with Crippen molar-refractivity contribution in [2.45, 2.75) is 6.36 Å². The highest BCUT2D eigenvalue weighted by Gasteiger charge is 2.31. The largest absolute Gasteiger partial charge is 0.573 e. The maximum atomic E-state index is 12.1. The van der Waals surface area contributed by atoms with Gasteiger partial charge in [-0.3, -0.25) is 4.79 Å². The molecule has 6 nitrogen and oxygen atoms in total. The summed E-state index contributed by atoms with van der Waals surface area (Å²) in [6.07, 6.45) is -4.79. The van der Waals surface area contributed by atoms with E-state index in [1.807, 2.05) is 0 Å². The summed E-state index contributed by atoms with van der Waals surface area (Å²) in [4.78, 5) is 12.1. The third kappa shape index (κ3) is 4.12. The van der Waals surface area contributed by atoms with Crippen molar-refractivity contribution in [3.05, 3.63) is 60.4 Å². The van der Waals surface area contributed by atoms with Crippen LogP contribution in [0.25, 0.3) is 11.3 Å². The van der Waals surface area contributed by atoms with Gasteiger partial charge in [-0.25, -0.2) is 0 Å². The number of nitrogens with zero attached hydrogens (tertiary/aromatic N) is 1. The van der Waals surface area contributed by atoms with Crippen molar-refractivity contribution in [2.24, 2.45) is 0 Å². The van der Waals surface area contributed by atoms with Gasteiger partial charge in [-0.05, 0) is 36.4 Å². The predicted molar refractivity (Wildman–Crippen MR) is 84.7 cm³/mol. The van der Waals surface area contributed by atoms with E-state index in [-0.39, 0.29) is 22.9 Å². The average molecular weight is 364 g/mol. The molecule has 3 rings (SSSR count). The Balaban J connectivity index is 1.70. The number of hydrogen-bond donors (Lipinski definition) is 2. The van der Waals surface area contributed by atoms with Crippen molar-refractivity contribution in [1.29, 1.82) is 0 Å². The lowest BCUT2D eigenvalue weighted by atomic mass is 10.1. The van der Waals surface area contributed by atoms with E-state index in [4.69, 9.17) is 4.52 Å². The van der Waals surface area contributed by atoms with E-state index in [2.05, 4.69) is 15.2 Å². The number of carbonyl (C=O) groups excluding carboxylic acids is 1. The molecule has 0 fully saturated rings. The van der Waals surface area contributed by atoms with Gasteiger partial charge in [0.2, 0.25) is 5.76 Å². The molecule has 0 saturated carbocycles. The minimum absolute atomic E-state index is 0.0204. The Kier molecular flexibility index (Phi) is 4.53. The normalized spacial score (nSPS) is 11.2. The number of halogens is 3. The Labute approximate surface area is 144 Å². The van der Waals surface area contributed by atoms with Gasteiger partial charge in [0.1, 0.15) is 17.2 Å². The molecule has 1 aromatic heterocycles. The van der Waals surface area contributed by atoms with Gasteiger partial charge in [-0.15, -0.1) is 13.2 Å². The fourth-order valence-corrected chi connectivity index (χ4v) is 2.13. The number of amides is 1. The molecule has 9 heteroatoms. The molecule has 0 spiro atoms. The van der Waals surface area contributed by atoms with E-state index in [1.54, 1.807) is 18.2 Å². The van der Waals surface area contributed by atoms with Gasteiger partial charge >= 0.3 is 6.36 Å².